The molecule has 0 aliphatic carbocycles. The van der Waals surface area contributed by atoms with Crippen molar-refractivity contribution in [1.29, 1.82) is 0 Å². The van der Waals surface area contributed by atoms with Crippen molar-refractivity contribution in [3.8, 4) is 0 Å². The molecule has 100 valence electrons. The second kappa shape index (κ2) is 5.93. The molecule has 0 atom stereocenters. The lowest BCUT2D eigenvalue weighted by molar-refractivity contribution is 0.102. The molecule has 0 saturated heterocycles. The van der Waals surface area contributed by atoms with E-state index in [0.29, 0.717) is 10.7 Å². The van der Waals surface area contributed by atoms with Crippen LogP contribution in [-0.4, -0.2) is 15.9 Å². The Morgan fingerprint density at radius 2 is 2.16 bits per heavy atom. The summed E-state index contributed by atoms with van der Waals surface area (Å²) < 4.78 is 0. The lowest BCUT2D eigenvalue weighted by atomic mass is 10.3. The maximum atomic E-state index is 12.2. The minimum Gasteiger partial charge on any atom is -0.306 e. The van der Waals surface area contributed by atoms with Gasteiger partial charge in [0.2, 0.25) is 0 Å². The summed E-state index contributed by atoms with van der Waals surface area (Å²) in [4.78, 5) is 21.4. The second-order valence-corrected chi connectivity index (χ2v) is 5.53. The van der Waals surface area contributed by atoms with Crippen molar-refractivity contribution in [3.63, 3.8) is 0 Å². The summed E-state index contributed by atoms with van der Waals surface area (Å²) in [5.74, 6) is 0.439. The third-order valence-electron chi connectivity index (χ3n) is 2.66. The number of carbonyl (C=O) groups is 1. The summed E-state index contributed by atoms with van der Waals surface area (Å²) in [7, 11) is 0. The molecule has 4 nitrogen and oxygen atoms in total. The smallest absolute Gasteiger partial charge is 0.268 e. The average molecular weight is 275 g/mol. The number of nitrogens with one attached hydrogen (secondary N) is 1. The van der Waals surface area contributed by atoms with E-state index in [0.717, 1.165) is 29.1 Å². The molecule has 2 aromatic heterocycles. The lowest BCUT2D eigenvalue weighted by Crippen LogP contribution is -2.12. The van der Waals surface area contributed by atoms with Crippen LogP contribution < -0.4 is 5.32 Å². The van der Waals surface area contributed by atoms with Gasteiger partial charge in [0.1, 0.15) is 10.7 Å². The Balaban J connectivity index is 2.13. The van der Waals surface area contributed by atoms with Gasteiger partial charge in [0.25, 0.3) is 5.91 Å². The molecule has 0 bridgehead atoms. The van der Waals surface area contributed by atoms with Gasteiger partial charge in [0, 0.05) is 6.20 Å². The van der Waals surface area contributed by atoms with Gasteiger partial charge in [-0.2, -0.15) is 0 Å². The molecule has 0 fully saturated rings. The summed E-state index contributed by atoms with van der Waals surface area (Å²) in [6.07, 6.45) is 3.69. The fourth-order valence-electron chi connectivity index (χ4n) is 1.70. The molecule has 2 heterocycles. The maximum absolute atomic E-state index is 12.2. The molecule has 2 aromatic rings. The van der Waals surface area contributed by atoms with Crippen LogP contribution in [0, 0.1) is 13.8 Å². The summed E-state index contributed by atoms with van der Waals surface area (Å²) in [5, 5.41) is 3.82. The second-order valence-electron chi connectivity index (χ2n) is 4.45. The third-order valence-corrected chi connectivity index (χ3v) is 3.88. The van der Waals surface area contributed by atoms with Gasteiger partial charge < -0.3 is 5.32 Å². The van der Waals surface area contributed by atoms with Gasteiger partial charge in [-0.15, -0.1) is 11.3 Å². The number of aryl methyl sites for hydroxylation is 3. The molecule has 1 N–H and O–H groups in total. The summed E-state index contributed by atoms with van der Waals surface area (Å²) >= 11 is 1.46. The highest BCUT2D eigenvalue weighted by atomic mass is 32.1. The number of pyridine rings is 1. The third kappa shape index (κ3) is 3.38. The fraction of sp³-hybridized carbons (Fsp3) is 0.357. The SMILES string of the molecule is CCCc1nc(C)c(C(=O)Nc2ccc(C)cn2)s1. The summed E-state index contributed by atoms with van der Waals surface area (Å²) in [6.45, 7) is 5.93. The van der Waals surface area contributed by atoms with Crippen LogP contribution in [0.4, 0.5) is 5.82 Å². The Hall–Kier alpha value is -1.75. The van der Waals surface area contributed by atoms with Crippen LogP contribution in [0.15, 0.2) is 18.3 Å². The normalized spacial score (nSPS) is 10.5. The van der Waals surface area contributed by atoms with Crippen molar-refractivity contribution in [2.75, 3.05) is 5.32 Å². The Bertz CT molecular complexity index is 575. The molecule has 2 rings (SSSR count). The molecular formula is C14H17N3OS. The van der Waals surface area contributed by atoms with Crippen molar-refractivity contribution in [1.82, 2.24) is 9.97 Å². The van der Waals surface area contributed by atoms with Crippen LogP contribution >= 0.6 is 11.3 Å². The van der Waals surface area contributed by atoms with Crippen molar-refractivity contribution in [2.24, 2.45) is 0 Å². The van der Waals surface area contributed by atoms with Crippen LogP contribution in [0.25, 0.3) is 0 Å². The van der Waals surface area contributed by atoms with Crippen LogP contribution in [0.5, 0.6) is 0 Å². The number of rotatable bonds is 4. The van der Waals surface area contributed by atoms with Crippen molar-refractivity contribution in [2.45, 2.75) is 33.6 Å². The predicted molar refractivity (Wildman–Crippen MR) is 77.8 cm³/mol. The standard InChI is InChI=1S/C14H17N3OS/c1-4-5-12-16-10(3)13(19-12)14(18)17-11-7-6-9(2)8-15-11/h6-8H,4-5H2,1-3H3,(H,15,17,18). The molecule has 0 spiro atoms. The fourth-order valence-corrected chi connectivity index (χ4v) is 2.76. The Morgan fingerprint density at radius 3 is 2.79 bits per heavy atom. The van der Waals surface area contributed by atoms with Gasteiger partial charge >= 0.3 is 0 Å². The molecule has 0 unspecified atom stereocenters. The largest absolute Gasteiger partial charge is 0.306 e. The topological polar surface area (TPSA) is 54.9 Å². The van der Waals surface area contributed by atoms with E-state index >= 15 is 0 Å². The number of thiazole rings is 1. The molecule has 0 saturated carbocycles. The van der Waals surface area contributed by atoms with Gasteiger partial charge in [-0.1, -0.05) is 13.0 Å². The van der Waals surface area contributed by atoms with Gasteiger partial charge in [-0.25, -0.2) is 9.97 Å². The average Bonchev–Trinajstić information content (AvgIpc) is 2.74. The highest BCUT2D eigenvalue weighted by Crippen LogP contribution is 2.20. The molecule has 0 radical (unpaired) electrons. The monoisotopic (exact) mass is 275 g/mol. The number of hydrogen-bond acceptors (Lipinski definition) is 4. The van der Waals surface area contributed by atoms with E-state index in [1.807, 2.05) is 19.9 Å². The minimum absolute atomic E-state index is 0.131. The number of carbonyl (C=O) groups excluding carboxylic acids is 1. The van der Waals surface area contributed by atoms with Crippen molar-refractivity contribution < 1.29 is 4.79 Å². The van der Waals surface area contributed by atoms with Gasteiger partial charge in [0.15, 0.2) is 0 Å². The number of nitrogens with zero attached hydrogens (tertiary/aromatic N) is 2. The Labute approximate surface area is 116 Å². The Morgan fingerprint density at radius 1 is 1.37 bits per heavy atom. The first kappa shape index (κ1) is 13.7. The zero-order valence-corrected chi connectivity index (χ0v) is 12.2. The van der Waals surface area contributed by atoms with Crippen LogP contribution in [0.1, 0.15) is 39.3 Å². The van der Waals surface area contributed by atoms with Gasteiger partial charge in [-0.05, 0) is 38.3 Å². The zero-order chi connectivity index (χ0) is 13.8. The van der Waals surface area contributed by atoms with E-state index in [4.69, 9.17) is 0 Å². The molecule has 0 aliphatic rings. The Kier molecular flexibility index (Phi) is 4.27. The van der Waals surface area contributed by atoms with Crippen LogP contribution in [0.2, 0.25) is 0 Å². The molecular weight excluding hydrogens is 258 g/mol. The van der Waals surface area contributed by atoms with Gasteiger partial charge in [-0.3, -0.25) is 4.79 Å². The van der Waals surface area contributed by atoms with Crippen LogP contribution in [0.3, 0.4) is 0 Å². The number of anilines is 1. The van der Waals surface area contributed by atoms with E-state index in [1.54, 1.807) is 12.3 Å². The summed E-state index contributed by atoms with van der Waals surface area (Å²) in [6, 6.07) is 3.72. The highest BCUT2D eigenvalue weighted by Gasteiger charge is 2.15. The van der Waals surface area contributed by atoms with E-state index in [9.17, 15) is 4.79 Å². The van der Waals surface area contributed by atoms with Crippen molar-refractivity contribution in [3.05, 3.63) is 39.5 Å². The van der Waals surface area contributed by atoms with E-state index in [1.165, 1.54) is 11.3 Å². The van der Waals surface area contributed by atoms with E-state index < -0.39 is 0 Å². The number of hydrogen-bond donors (Lipinski definition) is 1. The number of aromatic nitrogens is 2. The molecule has 1 amide bonds. The molecule has 19 heavy (non-hydrogen) atoms. The quantitative estimate of drug-likeness (QED) is 0.930. The van der Waals surface area contributed by atoms with Crippen LogP contribution in [-0.2, 0) is 6.42 Å². The first-order valence-corrected chi connectivity index (χ1v) is 7.12. The summed E-state index contributed by atoms with van der Waals surface area (Å²) in [5.41, 5.74) is 1.86. The predicted octanol–water partition coefficient (Wildman–Crippen LogP) is 3.36. The molecule has 5 heteroatoms. The zero-order valence-electron chi connectivity index (χ0n) is 11.4. The van der Waals surface area contributed by atoms with E-state index in [2.05, 4.69) is 22.2 Å². The van der Waals surface area contributed by atoms with Gasteiger partial charge in [0.05, 0.1) is 10.7 Å². The first-order chi connectivity index (χ1) is 9.10. The minimum atomic E-state index is -0.131. The number of amides is 1. The maximum Gasteiger partial charge on any atom is 0.268 e. The van der Waals surface area contributed by atoms with E-state index in [-0.39, 0.29) is 5.91 Å². The molecule has 0 aromatic carbocycles. The molecule has 0 aliphatic heterocycles. The van der Waals surface area contributed by atoms with Crippen molar-refractivity contribution >= 4 is 23.1 Å². The highest BCUT2D eigenvalue weighted by molar-refractivity contribution is 7.13. The first-order valence-electron chi connectivity index (χ1n) is 6.30. The lowest BCUT2D eigenvalue weighted by Gasteiger charge is -2.03.